The number of hydrogen-bond donors (Lipinski definition) is 1. The summed E-state index contributed by atoms with van der Waals surface area (Å²) in [4.78, 5) is 8.32. The van der Waals surface area contributed by atoms with Crippen molar-refractivity contribution in [1.29, 1.82) is 0 Å². The molecule has 0 saturated heterocycles. The van der Waals surface area contributed by atoms with E-state index >= 15 is 4.39 Å². The zero-order valence-corrected chi connectivity index (χ0v) is 21.4. The minimum absolute atomic E-state index is 0.0155. The number of nitrogens with one attached hydrogen (secondary N) is 1. The van der Waals surface area contributed by atoms with Crippen LogP contribution in [0.3, 0.4) is 0 Å². The number of thiazole rings is 1. The number of ether oxygens (including phenoxy) is 1. The van der Waals surface area contributed by atoms with Crippen molar-refractivity contribution in [2.75, 3.05) is 11.8 Å². The number of hydrogen-bond acceptors (Lipinski definition) is 6. The minimum Gasteiger partial charge on any atom is -0.481 e. The fourth-order valence-electron chi connectivity index (χ4n) is 3.38. The fourth-order valence-corrected chi connectivity index (χ4v) is 5.71. The predicted molar refractivity (Wildman–Crippen MR) is 133 cm³/mol. The molecule has 1 N–H and O–H groups in total. The van der Waals surface area contributed by atoms with Crippen molar-refractivity contribution >= 4 is 27.0 Å². The molecule has 2 heterocycles. The molecular weight excluding hydrogens is 511 g/mol. The van der Waals surface area contributed by atoms with E-state index < -0.39 is 38.1 Å². The van der Waals surface area contributed by atoms with E-state index in [4.69, 9.17) is 4.74 Å². The van der Waals surface area contributed by atoms with Gasteiger partial charge in [0.1, 0.15) is 11.6 Å². The normalized spacial score (nSPS) is 12.0. The van der Waals surface area contributed by atoms with Gasteiger partial charge in [-0.3, -0.25) is 4.72 Å². The summed E-state index contributed by atoms with van der Waals surface area (Å²) in [7, 11) is -3.27. The Kier molecular flexibility index (Phi) is 6.80. The monoisotopic (exact) mass is 533 g/mol. The van der Waals surface area contributed by atoms with Crippen LogP contribution in [-0.4, -0.2) is 25.5 Å². The molecular formula is C25H22F3N3O3S2. The summed E-state index contributed by atoms with van der Waals surface area (Å²) in [6.45, 7) is 5.90. The van der Waals surface area contributed by atoms with Gasteiger partial charge in [-0.2, -0.15) is 0 Å². The third-order valence-corrected chi connectivity index (χ3v) is 8.11. The number of rotatable bonds is 6. The fraction of sp³-hybridized carbons (Fsp3) is 0.200. The molecule has 11 heteroatoms. The van der Waals surface area contributed by atoms with Crippen LogP contribution in [0.25, 0.3) is 21.7 Å². The zero-order chi connectivity index (χ0) is 26.3. The van der Waals surface area contributed by atoms with E-state index in [0.717, 1.165) is 23.2 Å². The van der Waals surface area contributed by atoms with Gasteiger partial charge in [-0.05, 0) is 30.3 Å². The van der Waals surface area contributed by atoms with Crippen molar-refractivity contribution in [3.05, 3.63) is 77.2 Å². The molecule has 4 rings (SSSR count). The number of anilines is 1. The summed E-state index contributed by atoms with van der Waals surface area (Å²) < 4.78 is 76.5. The number of pyridine rings is 1. The lowest BCUT2D eigenvalue weighted by molar-refractivity contribution is 0.398. The maximum Gasteiger partial charge on any atom is 0.267 e. The number of nitrogens with zero attached hydrogens (tertiary/aromatic N) is 2. The van der Waals surface area contributed by atoms with Crippen LogP contribution in [0.5, 0.6) is 5.88 Å². The number of benzene rings is 2. The van der Waals surface area contributed by atoms with Crippen LogP contribution in [0, 0.1) is 17.5 Å². The average molecular weight is 534 g/mol. The Balaban J connectivity index is 1.84. The van der Waals surface area contributed by atoms with Crippen LogP contribution >= 0.6 is 11.3 Å². The van der Waals surface area contributed by atoms with E-state index in [2.05, 4.69) is 9.97 Å². The summed E-state index contributed by atoms with van der Waals surface area (Å²) in [5.74, 6) is -3.11. The van der Waals surface area contributed by atoms with Crippen LogP contribution in [0.2, 0.25) is 0 Å². The van der Waals surface area contributed by atoms with E-state index in [1.807, 2.05) is 25.5 Å². The minimum atomic E-state index is -4.77. The van der Waals surface area contributed by atoms with Gasteiger partial charge < -0.3 is 4.74 Å². The lowest BCUT2D eigenvalue weighted by Gasteiger charge is -2.14. The molecule has 2 aromatic carbocycles. The van der Waals surface area contributed by atoms with Gasteiger partial charge in [0, 0.05) is 28.8 Å². The lowest BCUT2D eigenvalue weighted by atomic mass is 9.98. The molecule has 2 aromatic heterocycles. The highest BCUT2D eigenvalue weighted by Crippen LogP contribution is 2.42. The second-order valence-electron chi connectivity index (χ2n) is 8.86. The molecule has 0 fully saturated rings. The molecule has 0 amide bonds. The molecule has 0 aliphatic heterocycles. The SMILES string of the molecule is COc1ccc(-c2sc(C(C)(C)C)nc2-c2cccc(NS(=O)(=O)c3c(F)cccc3F)c2F)cn1. The molecule has 0 aliphatic rings. The number of methoxy groups -OCH3 is 1. The molecule has 6 nitrogen and oxygen atoms in total. The first kappa shape index (κ1) is 25.6. The van der Waals surface area contributed by atoms with E-state index in [1.54, 1.807) is 18.3 Å². The third-order valence-electron chi connectivity index (χ3n) is 5.16. The van der Waals surface area contributed by atoms with Crippen LogP contribution in [0.4, 0.5) is 18.9 Å². The Morgan fingerprint density at radius 2 is 1.64 bits per heavy atom. The molecule has 4 aromatic rings. The largest absolute Gasteiger partial charge is 0.481 e. The second kappa shape index (κ2) is 9.55. The van der Waals surface area contributed by atoms with E-state index in [9.17, 15) is 17.2 Å². The zero-order valence-electron chi connectivity index (χ0n) is 19.8. The Morgan fingerprint density at radius 1 is 0.972 bits per heavy atom. The molecule has 0 radical (unpaired) electrons. The first-order valence-corrected chi connectivity index (χ1v) is 13.0. The predicted octanol–water partition coefficient (Wildman–Crippen LogP) is 6.40. The molecule has 0 aliphatic carbocycles. The van der Waals surface area contributed by atoms with Gasteiger partial charge in [-0.15, -0.1) is 11.3 Å². The van der Waals surface area contributed by atoms with Crippen LogP contribution in [0.15, 0.2) is 59.6 Å². The Hall–Kier alpha value is -3.44. The van der Waals surface area contributed by atoms with E-state index in [1.165, 1.54) is 36.6 Å². The van der Waals surface area contributed by atoms with Gasteiger partial charge in [0.05, 0.1) is 28.4 Å². The van der Waals surface area contributed by atoms with Gasteiger partial charge >= 0.3 is 0 Å². The number of halogens is 3. The topological polar surface area (TPSA) is 81.2 Å². The highest BCUT2D eigenvalue weighted by Gasteiger charge is 2.28. The van der Waals surface area contributed by atoms with Gasteiger partial charge in [-0.25, -0.2) is 31.6 Å². The van der Waals surface area contributed by atoms with Crippen LogP contribution < -0.4 is 9.46 Å². The van der Waals surface area contributed by atoms with Crippen LogP contribution in [-0.2, 0) is 15.4 Å². The molecule has 0 bridgehead atoms. The average Bonchev–Trinajstić information content (AvgIpc) is 3.26. The van der Waals surface area contributed by atoms with E-state index in [-0.39, 0.29) is 16.7 Å². The molecule has 0 saturated carbocycles. The lowest BCUT2D eigenvalue weighted by Crippen LogP contribution is -2.17. The Labute approximate surface area is 210 Å². The van der Waals surface area contributed by atoms with E-state index in [0.29, 0.717) is 16.3 Å². The van der Waals surface area contributed by atoms with Crippen molar-refractivity contribution in [3.8, 4) is 27.6 Å². The van der Waals surface area contributed by atoms with Gasteiger partial charge in [0.25, 0.3) is 10.0 Å². The van der Waals surface area contributed by atoms with Crippen molar-refractivity contribution in [2.45, 2.75) is 31.1 Å². The van der Waals surface area contributed by atoms with Gasteiger partial charge in [0.2, 0.25) is 5.88 Å². The smallest absolute Gasteiger partial charge is 0.267 e. The van der Waals surface area contributed by atoms with Crippen molar-refractivity contribution < 1.29 is 26.3 Å². The standard InChI is InChI=1S/C25H22F3N3O3S2/c1-25(2,3)24-30-21(22(35-24)14-11-12-19(34-4)29-13-14)15-7-5-10-18(20(15)28)31-36(32,33)23-16(26)8-6-9-17(23)27/h5-13,31H,1-4H3. The van der Waals surface area contributed by atoms with Crippen molar-refractivity contribution in [1.82, 2.24) is 9.97 Å². The maximum atomic E-state index is 15.7. The molecule has 36 heavy (non-hydrogen) atoms. The number of aromatic nitrogens is 2. The van der Waals surface area contributed by atoms with Crippen LogP contribution in [0.1, 0.15) is 25.8 Å². The Bertz CT molecular complexity index is 1510. The quantitative estimate of drug-likeness (QED) is 0.310. The maximum absolute atomic E-state index is 15.7. The molecule has 0 unspecified atom stereocenters. The summed E-state index contributed by atoms with van der Waals surface area (Å²) in [6.07, 6.45) is 1.58. The van der Waals surface area contributed by atoms with Gasteiger partial charge in [-0.1, -0.05) is 32.9 Å². The summed E-state index contributed by atoms with van der Waals surface area (Å²) >= 11 is 1.36. The molecule has 0 spiro atoms. The van der Waals surface area contributed by atoms with Crippen molar-refractivity contribution in [3.63, 3.8) is 0 Å². The van der Waals surface area contributed by atoms with Gasteiger partial charge in [0.15, 0.2) is 10.7 Å². The molecule has 0 atom stereocenters. The highest BCUT2D eigenvalue weighted by molar-refractivity contribution is 7.92. The summed E-state index contributed by atoms with van der Waals surface area (Å²) in [6, 6.07) is 10.1. The highest BCUT2D eigenvalue weighted by atomic mass is 32.2. The first-order chi connectivity index (χ1) is 16.9. The summed E-state index contributed by atoms with van der Waals surface area (Å²) in [5, 5.41) is 0.724. The Morgan fingerprint density at radius 3 is 2.22 bits per heavy atom. The first-order valence-electron chi connectivity index (χ1n) is 10.7. The third kappa shape index (κ3) is 4.93. The second-order valence-corrected chi connectivity index (χ2v) is 11.5. The molecule has 188 valence electrons. The van der Waals surface area contributed by atoms with Crippen molar-refractivity contribution in [2.24, 2.45) is 0 Å². The summed E-state index contributed by atoms with van der Waals surface area (Å²) in [5.41, 5.74) is 0.140. The number of sulfonamides is 1.